The smallest absolute Gasteiger partial charge is 0.463 e. The predicted molar refractivity (Wildman–Crippen MR) is 463 cm³/mol. The molecule has 0 rings (SSSR count). The van der Waals surface area contributed by atoms with Gasteiger partial charge in [0.2, 0.25) is 0 Å². The van der Waals surface area contributed by atoms with Crippen molar-refractivity contribution in [1.82, 2.24) is 0 Å². The van der Waals surface area contributed by atoms with Crippen LogP contribution in [0, 0.1) is 0 Å². The van der Waals surface area contributed by atoms with Gasteiger partial charge in [-0.25, -0.2) is 9.13 Å². The third kappa shape index (κ3) is 84.9. The number of unbranched alkanes of at least 4 members (excludes halogenated alkanes) is 21. The molecule has 0 saturated heterocycles. The van der Waals surface area contributed by atoms with E-state index >= 15 is 0 Å². The van der Waals surface area contributed by atoms with Crippen LogP contribution in [0.1, 0.15) is 303 Å². The molecule has 5 unspecified atom stereocenters. The van der Waals surface area contributed by atoms with Crippen molar-refractivity contribution in [3.05, 3.63) is 207 Å². The van der Waals surface area contributed by atoms with E-state index in [0.29, 0.717) is 19.3 Å². The molecule has 0 bridgehead atoms. The van der Waals surface area contributed by atoms with E-state index < -0.39 is 91.5 Å². The van der Waals surface area contributed by atoms with E-state index in [9.17, 15) is 43.5 Å². The average Bonchev–Trinajstić information content (AvgIpc) is 0.895. The summed E-state index contributed by atoms with van der Waals surface area (Å²) in [6, 6.07) is 0. The second-order valence-electron chi connectivity index (χ2n) is 27.5. The summed E-state index contributed by atoms with van der Waals surface area (Å²) in [5.41, 5.74) is 0. The number of carbonyl (C=O) groups is 3. The van der Waals surface area contributed by atoms with Crippen LogP contribution in [0.2, 0.25) is 0 Å². The molecule has 0 saturated carbocycles. The Balaban J connectivity index is 4.64. The number of hydrogen-bond donors (Lipinski definition) is 4. The van der Waals surface area contributed by atoms with Gasteiger partial charge in [-0.3, -0.25) is 32.5 Å². The van der Waals surface area contributed by atoms with Crippen LogP contribution in [0.15, 0.2) is 207 Å². The SMILES string of the molecule is CC/C=C\C/C=C\C/C=C\C/C=C\C/C=C\C/C=C\CCCCCCCCCCCCCCC(=O)OCC(O)COP(=O)(O)OCC(O)COP(=O)(O)OCC(COC(=O)CCCCCCCC/C=C\C/C=C\C/C=C\C/C=C\C/C=C\C/C=C\CC)OC(=O)CCCCC/C=C\C/C=C\C/C=C\C/C=C\C/C=C\CC. The van der Waals surface area contributed by atoms with Crippen molar-refractivity contribution in [1.29, 1.82) is 0 Å². The Labute approximate surface area is 673 Å². The summed E-state index contributed by atoms with van der Waals surface area (Å²) >= 11 is 0. The molecule has 628 valence electrons. The van der Waals surface area contributed by atoms with Crippen LogP contribution in [0.25, 0.3) is 0 Å². The van der Waals surface area contributed by atoms with Gasteiger partial charge in [0.05, 0.1) is 26.4 Å². The van der Waals surface area contributed by atoms with Crippen LogP contribution in [-0.2, 0) is 55.8 Å². The molecule has 0 fully saturated rings. The highest BCUT2D eigenvalue weighted by Crippen LogP contribution is 2.45. The summed E-state index contributed by atoms with van der Waals surface area (Å²) in [5.74, 6) is -1.64. The van der Waals surface area contributed by atoms with Crippen LogP contribution in [0.5, 0.6) is 0 Å². The zero-order chi connectivity index (χ0) is 80.8. The Hall–Kier alpha value is -5.87. The minimum atomic E-state index is -4.96. The molecule has 0 amide bonds. The molecule has 5 atom stereocenters. The van der Waals surface area contributed by atoms with Crippen molar-refractivity contribution in [2.24, 2.45) is 0 Å². The fourth-order valence-electron chi connectivity index (χ4n) is 10.7. The first-order valence-electron chi connectivity index (χ1n) is 42.4. The van der Waals surface area contributed by atoms with E-state index in [-0.39, 0.29) is 19.3 Å². The van der Waals surface area contributed by atoms with Crippen LogP contribution in [0.4, 0.5) is 0 Å². The molecule has 0 aromatic carbocycles. The molecule has 0 aromatic rings. The van der Waals surface area contributed by atoms with Gasteiger partial charge in [-0.2, -0.15) is 0 Å². The molecule has 0 radical (unpaired) electrons. The molecule has 0 aromatic heterocycles. The Bertz CT molecular complexity index is 2850. The summed E-state index contributed by atoms with van der Waals surface area (Å²) in [7, 11) is -9.83. The first kappa shape index (κ1) is 105. The fraction of sp³-hybridized carbons (Fsp3) is 0.602. The van der Waals surface area contributed by atoms with E-state index in [1.807, 2.05) is 0 Å². The van der Waals surface area contributed by atoms with Crippen LogP contribution in [0.3, 0.4) is 0 Å². The van der Waals surface area contributed by atoms with E-state index in [1.165, 1.54) is 51.4 Å². The number of allylic oxidation sites excluding steroid dienone is 34. The van der Waals surface area contributed by atoms with E-state index in [2.05, 4.69) is 227 Å². The maximum Gasteiger partial charge on any atom is 0.472 e. The Morgan fingerprint density at radius 3 is 0.721 bits per heavy atom. The summed E-state index contributed by atoms with van der Waals surface area (Å²) in [5, 5.41) is 20.7. The number of esters is 3. The number of rotatable bonds is 78. The number of carbonyl (C=O) groups excluding carboxylic acids is 3. The summed E-state index contributed by atoms with van der Waals surface area (Å²) in [6.07, 6.45) is 112. The number of phosphoric ester groups is 2. The monoisotopic (exact) mass is 1590 g/mol. The number of ether oxygens (including phenoxy) is 3. The van der Waals surface area contributed by atoms with Gasteiger partial charge < -0.3 is 34.2 Å². The zero-order valence-corrected chi connectivity index (χ0v) is 70.6. The van der Waals surface area contributed by atoms with E-state index in [0.717, 1.165) is 193 Å². The third-order valence-corrected chi connectivity index (χ3v) is 18.9. The minimum Gasteiger partial charge on any atom is -0.463 e. The number of aliphatic hydroxyl groups is 2. The fourth-order valence-corrected chi connectivity index (χ4v) is 12.2. The van der Waals surface area contributed by atoms with Crippen molar-refractivity contribution in [2.45, 2.75) is 322 Å². The normalized spacial score (nSPS) is 14.9. The van der Waals surface area contributed by atoms with Crippen molar-refractivity contribution < 1.29 is 75.8 Å². The molecule has 16 nitrogen and oxygen atoms in total. The summed E-state index contributed by atoms with van der Waals surface area (Å²) in [4.78, 5) is 58.8. The highest BCUT2D eigenvalue weighted by atomic mass is 31.2. The highest BCUT2D eigenvalue weighted by Gasteiger charge is 2.29. The second kappa shape index (κ2) is 83.6. The molecular formula is C93H150O16P2. The Kier molecular flexibility index (Phi) is 79.1. The molecule has 0 aliphatic heterocycles. The van der Waals surface area contributed by atoms with Gasteiger partial charge in [0.25, 0.3) is 0 Å². The molecule has 0 heterocycles. The van der Waals surface area contributed by atoms with Crippen LogP contribution in [-0.4, -0.2) is 95.9 Å². The number of phosphoric acid groups is 2. The molecular weight excluding hydrogens is 1430 g/mol. The zero-order valence-electron chi connectivity index (χ0n) is 68.8. The van der Waals surface area contributed by atoms with Gasteiger partial charge in [-0.15, -0.1) is 0 Å². The molecule has 0 spiro atoms. The van der Waals surface area contributed by atoms with Gasteiger partial charge in [-0.1, -0.05) is 324 Å². The first-order chi connectivity index (χ1) is 54.2. The van der Waals surface area contributed by atoms with Crippen molar-refractivity contribution in [2.75, 3.05) is 39.6 Å². The first-order valence-corrected chi connectivity index (χ1v) is 45.4. The largest absolute Gasteiger partial charge is 0.472 e. The maximum absolute atomic E-state index is 13.0. The average molecular weight is 1590 g/mol. The van der Waals surface area contributed by atoms with Crippen molar-refractivity contribution >= 4 is 33.6 Å². The molecule has 111 heavy (non-hydrogen) atoms. The molecule has 18 heteroatoms. The van der Waals surface area contributed by atoms with Gasteiger partial charge in [-0.05, 0) is 167 Å². The maximum atomic E-state index is 13.0. The lowest BCUT2D eigenvalue weighted by molar-refractivity contribution is -0.161. The summed E-state index contributed by atoms with van der Waals surface area (Å²) < 4.78 is 61.3. The standard InChI is InChI=1S/C93H150O16P2/c1-4-7-10-13-16-19-22-25-28-31-34-36-38-40-41-42-43-44-45-47-49-50-53-55-58-61-64-67-70-73-76-79-91(96)103-82-88(94)83-105-110(99,100)106-84-89(95)85-107-111(101,102)108-87-90(109-93(98)81-78-75-72-69-66-63-60-57-52-33-30-27-24-21-18-15-12-9-6-3)86-104-92(97)80-77-74-71-68-65-62-59-56-54-51-48-46-39-37-35-32-29-26-23-20-17-14-11-8-5-2/h7-12,16-21,25-30,34-37,40-41,43-44,46,48,52,54,56-57,63,66,88-90,94-95H,4-6,13-15,22-24,31-33,38-39,42,45,47,49-51,53,55,58-62,64-65,67-87H2,1-3H3,(H,99,100)(H,101,102)/b10-7-,11-8-,12-9-,19-16-,20-17-,21-18-,28-25-,29-26-,30-27-,36-34-,37-35-,41-40-,44-43-,48-46-,56-54-,57-52-,66-63-. The van der Waals surface area contributed by atoms with Gasteiger partial charge in [0.15, 0.2) is 6.10 Å². The van der Waals surface area contributed by atoms with E-state index in [4.69, 9.17) is 32.3 Å². The Morgan fingerprint density at radius 1 is 0.252 bits per heavy atom. The third-order valence-electron chi connectivity index (χ3n) is 17.0. The quantitative estimate of drug-likeness (QED) is 0.0146. The Morgan fingerprint density at radius 2 is 0.450 bits per heavy atom. The second-order valence-corrected chi connectivity index (χ2v) is 30.4. The topological polar surface area (TPSA) is 231 Å². The van der Waals surface area contributed by atoms with Gasteiger partial charge in [0, 0.05) is 19.3 Å². The molecule has 0 aliphatic rings. The number of hydrogen-bond acceptors (Lipinski definition) is 14. The minimum absolute atomic E-state index is 0.0536. The molecule has 4 N–H and O–H groups in total. The van der Waals surface area contributed by atoms with E-state index in [1.54, 1.807) is 0 Å². The highest BCUT2D eigenvalue weighted by molar-refractivity contribution is 7.47. The van der Waals surface area contributed by atoms with Gasteiger partial charge in [0.1, 0.15) is 25.4 Å². The van der Waals surface area contributed by atoms with Crippen molar-refractivity contribution in [3.8, 4) is 0 Å². The van der Waals surface area contributed by atoms with Crippen molar-refractivity contribution in [3.63, 3.8) is 0 Å². The number of aliphatic hydroxyl groups excluding tert-OH is 2. The molecule has 0 aliphatic carbocycles. The lowest BCUT2D eigenvalue weighted by atomic mass is 10.0. The summed E-state index contributed by atoms with van der Waals surface area (Å²) in [6.45, 7) is 2.27. The van der Waals surface area contributed by atoms with Crippen LogP contribution >= 0.6 is 15.6 Å². The predicted octanol–water partition coefficient (Wildman–Crippen LogP) is 25.7. The lowest BCUT2D eigenvalue weighted by Crippen LogP contribution is -2.30. The van der Waals surface area contributed by atoms with Crippen LogP contribution < -0.4 is 0 Å². The lowest BCUT2D eigenvalue weighted by Gasteiger charge is -2.21. The van der Waals surface area contributed by atoms with Gasteiger partial charge >= 0.3 is 33.6 Å².